The Labute approximate surface area is 86.0 Å². The van der Waals surface area contributed by atoms with Crippen molar-refractivity contribution in [2.75, 3.05) is 13.2 Å². The van der Waals surface area contributed by atoms with E-state index >= 15 is 0 Å². The van der Waals surface area contributed by atoms with E-state index in [2.05, 4.69) is 43.4 Å². The molecule has 0 amide bonds. The second-order valence-electron chi connectivity index (χ2n) is 3.67. The van der Waals surface area contributed by atoms with Crippen LogP contribution in [0.2, 0.25) is 0 Å². The number of aliphatic hydroxyl groups excluding tert-OH is 1. The molecule has 1 aromatic rings. The van der Waals surface area contributed by atoms with Crippen molar-refractivity contribution in [3.63, 3.8) is 0 Å². The van der Waals surface area contributed by atoms with Gasteiger partial charge < -0.3 is 10.4 Å². The van der Waals surface area contributed by atoms with E-state index in [0.717, 1.165) is 13.0 Å². The van der Waals surface area contributed by atoms with Crippen molar-refractivity contribution in [1.82, 2.24) is 5.32 Å². The molecule has 1 aromatic carbocycles. The van der Waals surface area contributed by atoms with Crippen molar-refractivity contribution in [3.05, 3.63) is 35.4 Å². The maximum atomic E-state index is 8.65. The number of nitrogens with one attached hydrogen (secondary N) is 1. The Morgan fingerprint density at radius 1 is 1.43 bits per heavy atom. The van der Waals surface area contributed by atoms with E-state index in [9.17, 15) is 0 Å². The minimum absolute atomic E-state index is 0.257. The minimum atomic E-state index is 0.257. The third kappa shape index (κ3) is 3.48. The van der Waals surface area contributed by atoms with Crippen LogP contribution in [0.25, 0.3) is 0 Å². The molecular weight excluding hydrogens is 174 g/mol. The second-order valence-corrected chi connectivity index (χ2v) is 3.67. The summed E-state index contributed by atoms with van der Waals surface area (Å²) in [5.41, 5.74) is 2.60. The van der Waals surface area contributed by atoms with Gasteiger partial charge in [-0.2, -0.15) is 0 Å². The molecule has 0 aliphatic rings. The summed E-state index contributed by atoms with van der Waals surface area (Å²) < 4.78 is 0. The number of aliphatic hydroxyl groups is 1. The van der Waals surface area contributed by atoms with Gasteiger partial charge in [0, 0.05) is 12.6 Å². The summed E-state index contributed by atoms with van der Waals surface area (Å²) in [5.74, 6) is 0. The van der Waals surface area contributed by atoms with Crippen molar-refractivity contribution < 1.29 is 5.11 Å². The van der Waals surface area contributed by atoms with E-state index in [1.54, 1.807) is 0 Å². The van der Waals surface area contributed by atoms with Gasteiger partial charge in [0.1, 0.15) is 0 Å². The Hall–Kier alpha value is -0.860. The molecule has 2 N–H and O–H groups in total. The molecule has 2 nitrogen and oxygen atoms in total. The molecule has 0 heterocycles. The Morgan fingerprint density at radius 3 is 2.86 bits per heavy atom. The Bertz CT molecular complexity index is 273. The Kier molecular flexibility index (Phi) is 4.63. The topological polar surface area (TPSA) is 32.3 Å². The van der Waals surface area contributed by atoms with Gasteiger partial charge in [-0.1, -0.05) is 29.8 Å². The van der Waals surface area contributed by atoms with Crippen molar-refractivity contribution in [2.24, 2.45) is 0 Å². The Morgan fingerprint density at radius 2 is 2.21 bits per heavy atom. The maximum absolute atomic E-state index is 8.65. The molecule has 0 aliphatic carbocycles. The van der Waals surface area contributed by atoms with Crippen molar-refractivity contribution in [2.45, 2.75) is 26.3 Å². The second kappa shape index (κ2) is 5.78. The van der Waals surface area contributed by atoms with Crippen LogP contribution in [-0.2, 0) is 0 Å². The van der Waals surface area contributed by atoms with Gasteiger partial charge in [0.25, 0.3) is 0 Å². The molecule has 1 unspecified atom stereocenters. The first-order chi connectivity index (χ1) is 6.74. The molecule has 14 heavy (non-hydrogen) atoms. The van der Waals surface area contributed by atoms with Crippen LogP contribution in [0.4, 0.5) is 0 Å². The lowest BCUT2D eigenvalue weighted by molar-refractivity contribution is 0.284. The van der Waals surface area contributed by atoms with Crippen LogP contribution in [0.1, 0.15) is 30.5 Å². The number of benzene rings is 1. The first-order valence-electron chi connectivity index (χ1n) is 5.15. The van der Waals surface area contributed by atoms with Crippen LogP contribution in [0.5, 0.6) is 0 Å². The van der Waals surface area contributed by atoms with Crippen LogP contribution in [-0.4, -0.2) is 18.3 Å². The summed E-state index contributed by atoms with van der Waals surface area (Å²) in [6.45, 7) is 5.37. The smallest absolute Gasteiger partial charge is 0.0443 e. The van der Waals surface area contributed by atoms with E-state index in [1.807, 2.05) is 0 Å². The zero-order valence-corrected chi connectivity index (χ0v) is 8.96. The van der Waals surface area contributed by atoms with E-state index in [4.69, 9.17) is 5.11 Å². The first-order valence-corrected chi connectivity index (χ1v) is 5.15. The molecular formula is C12H19NO. The molecule has 0 spiro atoms. The lowest BCUT2D eigenvalue weighted by atomic mass is 10.1. The van der Waals surface area contributed by atoms with Crippen LogP contribution >= 0.6 is 0 Å². The molecule has 0 saturated carbocycles. The average Bonchev–Trinajstić information content (AvgIpc) is 2.18. The fourth-order valence-electron chi connectivity index (χ4n) is 1.45. The van der Waals surface area contributed by atoms with Crippen molar-refractivity contribution in [3.8, 4) is 0 Å². The van der Waals surface area contributed by atoms with E-state index < -0.39 is 0 Å². The summed E-state index contributed by atoms with van der Waals surface area (Å²) in [6, 6.07) is 8.86. The highest BCUT2D eigenvalue weighted by molar-refractivity contribution is 5.24. The van der Waals surface area contributed by atoms with Gasteiger partial charge in [-0.3, -0.25) is 0 Å². The standard InChI is InChI=1S/C12H19NO/c1-10-5-3-6-12(9-10)11(2)13-7-4-8-14/h3,5-6,9,11,13-14H,4,7-8H2,1-2H3. The monoisotopic (exact) mass is 193 g/mol. The summed E-state index contributed by atoms with van der Waals surface area (Å²) in [5, 5.41) is 12.0. The third-order valence-electron chi connectivity index (χ3n) is 2.33. The largest absolute Gasteiger partial charge is 0.396 e. The summed E-state index contributed by atoms with van der Waals surface area (Å²) in [4.78, 5) is 0. The maximum Gasteiger partial charge on any atom is 0.0443 e. The fourth-order valence-corrected chi connectivity index (χ4v) is 1.45. The quantitative estimate of drug-likeness (QED) is 0.701. The summed E-state index contributed by atoms with van der Waals surface area (Å²) >= 11 is 0. The summed E-state index contributed by atoms with van der Waals surface area (Å²) in [7, 11) is 0. The zero-order valence-electron chi connectivity index (χ0n) is 8.96. The van der Waals surface area contributed by atoms with Gasteiger partial charge in [0.15, 0.2) is 0 Å². The molecule has 0 aromatic heterocycles. The minimum Gasteiger partial charge on any atom is -0.396 e. The lowest BCUT2D eigenvalue weighted by Crippen LogP contribution is -2.20. The predicted octanol–water partition coefficient (Wildman–Crippen LogP) is 2.03. The van der Waals surface area contributed by atoms with Crippen molar-refractivity contribution >= 4 is 0 Å². The van der Waals surface area contributed by atoms with Gasteiger partial charge >= 0.3 is 0 Å². The molecule has 1 rings (SSSR count). The Balaban J connectivity index is 2.47. The van der Waals surface area contributed by atoms with Gasteiger partial charge in [-0.15, -0.1) is 0 Å². The molecule has 0 saturated heterocycles. The SMILES string of the molecule is Cc1cccc(C(C)NCCCO)c1. The van der Waals surface area contributed by atoms with Gasteiger partial charge in [0.2, 0.25) is 0 Å². The highest BCUT2D eigenvalue weighted by atomic mass is 16.3. The van der Waals surface area contributed by atoms with Crippen molar-refractivity contribution in [1.29, 1.82) is 0 Å². The number of aryl methyl sites for hydroxylation is 1. The highest BCUT2D eigenvalue weighted by Crippen LogP contribution is 2.13. The molecule has 1 atom stereocenters. The highest BCUT2D eigenvalue weighted by Gasteiger charge is 2.03. The van der Waals surface area contributed by atoms with E-state index in [-0.39, 0.29) is 6.61 Å². The lowest BCUT2D eigenvalue weighted by Gasteiger charge is -2.14. The van der Waals surface area contributed by atoms with Crippen LogP contribution in [0.15, 0.2) is 24.3 Å². The molecule has 2 heteroatoms. The van der Waals surface area contributed by atoms with Crippen LogP contribution in [0.3, 0.4) is 0 Å². The fraction of sp³-hybridized carbons (Fsp3) is 0.500. The average molecular weight is 193 g/mol. The van der Waals surface area contributed by atoms with Crippen LogP contribution < -0.4 is 5.32 Å². The van der Waals surface area contributed by atoms with Gasteiger partial charge in [-0.25, -0.2) is 0 Å². The van der Waals surface area contributed by atoms with Gasteiger partial charge in [-0.05, 0) is 32.4 Å². The molecule has 0 aliphatic heterocycles. The first kappa shape index (κ1) is 11.2. The molecule has 0 radical (unpaired) electrons. The zero-order chi connectivity index (χ0) is 10.4. The normalized spacial score (nSPS) is 12.8. The number of hydrogen-bond donors (Lipinski definition) is 2. The third-order valence-corrected chi connectivity index (χ3v) is 2.33. The van der Waals surface area contributed by atoms with Crippen LogP contribution in [0, 0.1) is 6.92 Å². The van der Waals surface area contributed by atoms with Gasteiger partial charge in [0.05, 0.1) is 0 Å². The molecule has 0 bridgehead atoms. The summed E-state index contributed by atoms with van der Waals surface area (Å²) in [6.07, 6.45) is 0.816. The number of hydrogen-bond acceptors (Lipinski definition) is 2. The van der Waals surface area contributed by atoms with E-state index in [1.165, 1.54) is 11.1 Å². The van der Waals surface area contributed by atoms with E-state index in [0.29, 0.717) is 6.04 Å². The number of rotatable bonds is 5. The molecule has 78 valence electrons. The predicted molar refractivity (Wildman–Crippen MR) is 59.3 cm³/mol. The molecule has 0 fully saturated rings.